The van der Waals surface area contributed by atoms with Crippen LogP contribution in [0.4, 0.5) is 0 Å². The van der Waals surface area contributed by atoms with Gasteiger partial charge in [0, 0.05) is 33.9 Å². The molecule has 0 saturated carbocycles. The highest BCUT2D eigenvalue weighted by Gasteiger charge is 2.15. The molecule has 0 spiro atoms. The Morgan fingerprint density at radius 1 is 1.24 bits per heavy atom. The summed E-state index contributed by atoms with van der Waals surface area (Å²) in [7, 11) is 1.66. The fraction of sp³-hybridized carbons (Fsp3) is 0.353. The van der Waals surface area contributed by atoms with Crippen molar-refractivity contribution in [3.63, 3.8) is 0 Å². The van der Waals surface area contributed by atoms with Crippen molar-refractivity contribution in [2.24, 2.45) is 0 Å². The number of nitrogens with zero attached hydrogens (tertiary/aromatic N) is 1. The molecule has 0 saturated heterocycles. The molecule has 0 aliphatic carbocycles. The molecule has 1 N–H and O–H groups in total. The number of rotatable bonds is 4. The quantitative estimate of drug-likeness (QED) is 0.905. The molecule has 0 fully saturated rings. The zero-order valence-electron chi connectivity index (χ0n) is 12.8. The molecule has 4 heteroatoms. The molecule has 0 bridgehead atoms. The molecule has 21 heavy (non-hydrogen) atoms. The summed E-state index contributed by atoms with van der Waals surface area (Å²) in [5.41, 5.74) is 4.89. The van der Waals surface area contributed by atoms with Gasteiger partial charge in [0.25, 0.3) is 0 Å². The van der Waals surface area contributed by atoms with Gasteiger partial charge < -0.3 is 9.84 Å². The fourth-order valence-corrected chi connectivity index (χ4v) is 2.79. The van der Waals surface area contributed by atoms with Crippen LogP contribution in [0, 0.1) is 20.8 Å². The number of halogens is 1. The van der Waals surface area contributed by atoms with E-state index in [9.17, 15) is 5.11 Å². The molecule has 2 rings (SSSR count). The van der Waals surface area contributed by atoms with Gasteiger partial charge >= 0.3 is 0 Å². The van der Waals surface area contributed by atoms with E-state index in [4.69, 9.17) is 4.74 Å². The SMILES string of the molecule is COc1c(C)cnc(CC(O)c2ccc(C)c(Br)c2)c1C. The maximum absolute atomic E-state index is 10.4. The van der Waals surface area contributed by atoms with Crippen molar-refractivity contribution < 1.29 is 9.84 Å². The normalized spacial score (nSPS) is 12.3. The Labute approximate surface area is 134 Å². The lowest BCUT2D eigenvalue weighted by Gasteiger charge is -2.16. The number of aliphatic hydroxyl groups is 1. The summed E-state index contributed by atoms with van der Waals surface area (Å²) in [6, 6.07) is 5.91. The Bertz CT molecular complexity index is 655. The fourth-order valence-electron chi connectivity index (χ4n) is 2.39. The van der Waals surface area contributed by atoms with Gasteiger partial charge in [0.05, 0.1) is 13.2 Å². The van der Waals surface area contributed by atoms with Crippen LogP contribution in [0.3, 0.4) is 0 Å². The number of pyridine rings is 1. The van der Waals surface area contributed by atoms with Crippen molar-refractivity contribution in [2.45, 2.75) is 33.3 Å². The van der Waals surface area contributed by atoms with Crippen molar-refractivity contribution in [3.05, 3.63) is 56.8 Å². The molecule has 2 aromatic rings. The van der Waals surface area contributed by atoms with Gasteiger partial charge in [-0.05, 0) is 38.0 Å². The summed E-state index contributed by atoms with van der Waals surface area (Å²) in [5, 5.41) is 10.4. The third-order valence-electron chi connectivity index (χ3n) is 3.72. The zero-order chi connectivity index (χ0) is 15.6. The summed E-state index contributed by atoms with van der Waals surface area (Å²) >= 11 is 3.50. The average Bonchev–Trinajstić information content (AvgIpc) is 2.45. The molecule has 1 aromatic carbocycles. The summed E-state index contributed by atoms with van der Waals surface area (Å²) in [6.07, 6.45) is 1.68. The Kier molecular flexibility index (Phi) is 5.01. The standard InChI is InChI=1S/C17H20BrNO2/c1-10-5-6-13(7-14(10)18)16(20)8-15-12(3)17(21-4)11(2)9-19-15/h5-7,9,16,20H,8H2,1-4H3. The monoisotopic (exact) mass is 349 g/mol. The van der Waals surface area contributed by atoms with Gasteiger partial charge in [-0.3, -0.25) is 4.98 Å². The highest BCUT2D eigenvalue weighted by molar-refractivity contribution is 9.10. The first kappa shape index (κ1) is 16.0. The van der Waals surface area contributed by atoms with E-state index in [-0.39, 0.29) is 0 Å². The lowest BCUT2D eigenvalue weighted by molar-refractivity contribution is 0.176. The minimum Gasteiger partial charge on any atom is -0.496 e. The second-order valence-corrected chi connectivity index (χ2v) is 6.13. The minimum atomic E-state index is -0.583. The van der Waals surface area contributed by atoms with E-state index in [1.165, 1.54) is 0 Å². The van der Waals surface area contributed by atoms with E-state index >= 15 is 0 Å². The highest BCUT2D eigenvalue weighted by atomic mass is 79.9. The van der Waals surface area contributed by atoms with Crippen molar-refractivity contribution in [1.82, 2.24) is 4.98 Å². The summed E-state index contributed by atoms with van der Waals surface area (Å²) in [6.45, 7) is 5.97. The number of aliphatic hydroxyl groups excluding tert-OH is 1. The number of hydrogen-bond donors (Lipinski definition) is 1. The van der Waals surface area contributed by atoms with Crippen molar-refractivity contribution in [3.8, 4) is 5.75 Å². The minimum absolute atomic E-state index is 0.470. The van der Waals surface area contributed by atoms with E-state index in [0.29, 0.717) is 6.42 Å². The predicted molar refractivity (Wildman–Crippen MR) is 87.8 cm³/mol. The zero-order valence-corrected chi connectivity index (χ0v) is 14.4. The van der Waals surface area contributed by atoms with Crippen LogP contribution in [0.25, 0.3) is 0 Å². The number of ether oxygens (including phenoxy) is 1. The highest BCUT2D eigenvalue weighted by Crippen LogP contribution is 2.28. The van der Waals surface area contributed by atoms with Crippen molar-refractivity contribution in [1.29, 1.82) is 0 Å². The van der Waals surface area contributed by atoms with Crippen LogP contribution in [0.15, 0.2) is 28.9 Å². The number of methoxy groups -OCH3 is 1. The van der Waals surface area contributed by atoms with Gasteiger partial charge in [-0.2, -0.15) is 0 Å². The van der Waals surface area contributed by atoms with Gasteiger partial charge in [-0.25, -0.2) is 0 Å². The van der Waals surface area contributed by atoms with Crippen molar-refractivity contribution >= 4 is 15.9 Å². The third-order valence-corrected chi connectivity index (χ3v) is 4.57. The number of aromatic nitrogens is 1. The first-order chi connectivity index (χ1) is 9.93. The lowest BCUT2D eigenvalue weighted by Crippen LogP contribution is -2.07. The van der Waals surface area contributed by atoms with Gasteiger partial charge in [0.15, 0.2) is 0 Å². The van der Waals surface area contributed by atoms with Gasteiger partial charge in [-0.1, -0.05) is 28.1 Å². The molecule has 0 aliphatic rings. The van der Waals surface area contributed by atoms with Crippen LogP contribution in [-0.4, -0.2) is 17.2 Å². The Balaban J connectivity index is 2.27. The van der Waals surface area contributed by atoms with Crippen LogP contribution >= 0.6 is 15.9 Å². The molecule has 1 unspecified atom stereocenters. The Hall–Kier alpha value is -1.39. The topological polar surface area (TPSA) is 42.4 Å². The molecule has 3 nitrogen and oxygen atoms in total. The van der Waals surface area contributed by atoms with E-state index in [1.807, 2.05) is 39.0 Å². The third kappa shape index (κ3) is 3.44. The van der Waals surface area contributed by atoms with Gasteiger partial charge in [-0.15, -0.1) is 0 Å². The van der Waals surface area contributed by atoms with Crippen LogP contribution in [0.2, 0.25) is 0 Å². The summed E-state index contributed by atoms with van der Waals surface area (Å²) in [4.78, 5) is 4.44. The maximum Gasteiger partial charge on any atom is 0.128 e. The molecule has 0 radical (unpaired) electrons. The Morgan fingerprint density at radius 3 is 2.57 bits per heavy atom. The van der Waals surface area contributed by atoms with E-state index in [2.05, 4.69) is 20.9 Å². The van der Waals surface area contributed by atoms with Crippen LogP contribution in [-0.2, 0) is 6.42 Å². The van der Waals surface area contributed by atoms with E-state index in [1.54, 1.807) is 13.3 Å². The van der Waals surface area contributed by atoms with Crippen LogP contribution in [0.5, 0.6) is 5.75 Å². The lowest BCUT2D eigenvalue weighted by atomic mass is 10.00. The summed E-state index contributed by atoms with van der Waals surface area (Å²) in [5.74, 6) is 0.845. The number of aryl methyl sites for hydroxylation is 2. The largest absolute Gasteiger partial charge is 0.496 e. The molecular formula is C17H20BrNO2. The molecule has 1 heterocycles. The van der Waals surface area contributed by atoms with Gasteiger partial charge in [0.2, 0.25) is 0 Å². The average molecular weight is 350 g/mol. The first-order valence-corrected chi connectivity index (χ1v) is 7.66. The maximum atomic E-state index is 10.4. The van der Waals surface area contributed by atoms with Crippen molar-refractivity contribution in [2.75, 3.05) is 7.11 Å². The number of hydrogen-bond acceptors (Lipinski definition) is 3. The molecule has 1 atom stereocenters. The smallest absolute Gasteiger partial charge is 0.128 e. The Morgan fingerprint density at radius 2 is 1.95 bits per heavy atom. The van der Waals surface area contributed by atoms with E-state index in [0.717, 1.165) is 38.2 Å². The van der Waals surface area contributed by atoms with Crippen LogP contribution < -0.4 is 4.74 Å². The second-order valence-electron chi connectivity index (χ2n) is 5.27. The molecule has 0 aliphatic heterocycles. The number of benzene rings is 1. The first-order valence-electron chi connectivity index (χ1n) is 6.87. The van der Waals surface area contributed by atoms with Gasteiger partial charge in [0.1, 0.15) is 5.75 Å². The summed E-state index contributed by atoms with van der Waals surface area (Å²) < 4.78 is 6.41. The molecule has 112 valence electrons. The molecule has 0 amide bonds. The predicted octanol–water partition coefficient (Wildman–Crippen LogP) is 4.05. The van der Waals surface area contributed by atoms with Crippen LogP contribution in [0.1, 0.15) is 34.1 Å². The second kappa shape index (κ2) is 6.58. The molecular weight excluding hydrogens is 330 g/mol. The molecule has 1 aromatic heterocycles. The van der Waals surface area contributed by atoms with E-state index < -0.39 is 6.10 Å².